The Morgan fingerprint density at radius 3 is 2.84 bits per heavy atom. The van der Waals surface area contributed by atoms with E-state index in [9.17, 15) is 8.42 Å². The lowest BCUT2D eigenvalue weighted by molar-refractivity contribution is 0.127. The Balaban J connectivity index is 1.79. The number of ether oxygens (including phenoxy) is 1. The molecular weight excluding hydrogens is 286 g/mol. The molecule has 0 radical (unpaired) electrons. The van der Waals surface area contributed by atoms with Crippen LogP contribution >= 0.6 is 11.6 Å². The van der Waals surface area contributed by atoms with Gasteiger partial charge in [-0.05, 0) is 25.0 Å². The number of hydrogen-bond donors (Lipinski definition) is 1. The Morgan fingerprint density at radius 2 is 2.16 bits per heavy atom. The van der Waals surface area contributed by atoms with Gasteiger partial charge in [0.15, 0.2) is 9.84 Å². The highest BCUT2D eigenvalue weighted by atomic mass is 35.5. The van der Waals surface area contributed by atoms with Crippen LogP contribution in [0.25, 0.3) is 0 Å². The van der Waals surface area contributed by atoms with Crippen molar-refractivity contribution in [3.05, 3.63) is 29.3 Å². The second kappa shape index (κ2) is 6.59. The van der Waals surface area contributed by atoms with Gasteiger partial charge in [0, 0.05) is 13.2 Å². The Bertz CT molecular complexity index is 512. The third-order valence-corrected chi connectivity index (χ3v) is 5.10. The molecule has 1 aromatic carbocycles. The van der Waals surface area contributed by atoms with Crippen LogP contribution in [0.3, 0.4) is 0 Å². The van der Waals surface area contributed by atoms with Crippen molar-refractivity contribution in [1.82, 2.24) is 0 Å². The van der Waals surface area contributed by atoms with Gasteiger partial charge in [-0.25, -0.2) is 8.42 Å². The Kier molecular flexibility index (Phi) is 5.07. The molecule has 1 aromatic rings. The largest absolute Gasteiger partial charge is 0.383 e. The standard InChI is InChI=1S/C13H18ClNO3S/c14-12-5-1-2-6-13(12)15-7-9-19(16,17)10-11-4-3-8-18-11/h1-2,5-6,11,15H,3-4,7-10H2. The molecule has 4 nitrogen and oxygen atoms in total. The molecule has 1 aliphatic rings. The van der Waals surface area contributed by atoms with Crippen molar-refractivity contribution in [2.75, 3.05) is 30.0 Å². The summed E-state index contributed by atoms with van der Waals surface area (Å²) in [7, 11) is -3.08. The topological polar surface area (TPSA) is 55.4 Å². The van der Waals surface area contributed by atoms with E-state index in [-0.39, 0.29) is 17.6 Å². The fourth-order valence-corrected chi connectivity index (χ4v) is 3.70. The van der Waals surface area contributed by atoms with Gasteiger partial charge in [-0.1, -0.05) is 23.7 Å². The Morgan fingerprint density at radius 1 is 1.37 bits per heavy atom. The summed E-state index contributed by atoms with van der Waals surface area (Å²) >= 11 is 5.98. The second-order valence-electron chi connectivity index (χ2n) is 4.66. The predicted octanol–water partition coefficient (Wildman–Crippen LogP) is 2.35. The van der Waals surface area contributed by atoms with Crippen molar-refractivity contribution < 1.29 is 13.2 Å². The summed E-state index contributed by atoms with van der Waals surface area (Å²) < 4.78 is 29.2. The molecule has 6 heteroatoms. The number of anilines is 1. The molecule has 1 unspecified atom stereocenters. The molecule has 0 amide bonds. The third kappa shape index (κ3) is 4.67. The number of para-hydroxylation sites is 1. The Hall–Kier alpha value is -0.780. The van der Waals surface area contributed by atoms with Gasteiger partial charge in [-0.2, -0.15) is 0 Å². The molecule has 0 saturated carbocycles. The van der Waals surface area contributed by atoms with E-state index in [1.807, 2.05) is 18.2 Å². The maximum atomic E-state index is 11.9. The maximum Gasteiger partial charge on any atom is 0.154 e. The first-order valence-electron chi connectivity index (χ1n) is 6.37. The highest BCUT2D eigenvalue weighted by molar-refractivity contribution is 7.91. The average Bonchev–Trinajstić information content (AvgIpc) is 2.83. The van der Waals surface area contributed by atoms with Gasteiger partial charge >= 0.3 is 0 Å². The molecule has 0 spiro atoms. The van der Waals surface area contributed by atoms with Crippen LogP contribution in [0, 0.1) is 0 Å². The summed E-state index contributed by atoms with van der Waals surface area (Å²) in [5.74, 6) is 0.218. The fraction of sp³-hybridized carbons (Fsp3) is 0.538. The van der Waals surface area contributed by atoms with Crippen molar-refractivity contribution in [3.8, 4) is 0 Å². The minimum atomic E-state index is -3.08. The molecule has 0 aliphatic carbocycles. The Labute approximate surface area is 119 Å². The lowest BCUT2D eigenvalue weighted by Crippen LogP contribution is -2.25. The minimum absolute atomic E-state index is 0.0953. The van der Waals surface area contributed by atoms with E-state index in [1.165, 1.54) is 0 Å². The molecular formula is C13H18ClNO3S. The van der Waals surface area contributed by atoms with E-state index >= 15 is 0 Å². The summed E-state index contributed by atoms with van der Waals surface area (Å²) in [5.41, 5.74) is 0.761. The molecule has 0 aromatic heterocycles. The number of hydrogen-bond acceptors (Lipinski definition) is 4. The highest BCUT2D eigenvalue weighted by Gasteiger charge is 2.22. The molecule has 1 aliphatic heterocycles. The van der Waals surface area contributed by atoms with Crippen LogP contribution in [0.4, 0.5) is 5.69 Å². The zero-order chi connectivity index (χ0) is 13.7. The smallest absolute Gasteiger partial charge is 0.154 e. The summed E-state index contributed by atoms with van der Waals surface area (Å²) in [6.45, 7) is 1.04. The summed E-state index contributed by atoms with van der Waals surface area (Å²) in [6.07, 6.45) is 1.68. The van der Waals surface area contributed by atoms with Crippen LogP contribution in [-0.2, 0) is 14.6 Å². The average molecular weight is 304 g/mol. The highest BCUT2D eigenvalue weighted by Crippen LogP contribution is 2.20. The zero-order valence-corrected chi connectivity index (χ0v) is 12.2. The van der Waals surface area contributed by atoms with Gasteiger partial charge in [0.2, 0.25) is 0 Å². The lowest BCUT2D eigenvalue weighted by atomic mass is 10.3. The second-order valence-corrected chi connectivity index (χ2v) is 7.29. The van der Waals surface area contributed by atoms with E-state index in [2.05, 4.69) is 5.32 Å². The normalized spacial score (nSPS) is 19.5. The fourth-order valence-electron chi connectivity index (χ4n) is 2.09. The zero-order valence-electron chi connectivity index (χ0n) is 10.6. The van der Waals surface area contributed by atoms with Crippen molar-refractivity contribution in [2.45, 2.75) is 18.9 Å². The molecule has 2 rings (SSSR count). The number of benzene rings is 1. The van der Waals surface area contributed by atoms with Crippen LogP contribution in [0.15, 0.2) is 24.3 Å². The number of halogens is 1. The van der Waals surface area contributed by atoms with Crippen LogP contribution in [0.2, 0.25) is 5.02 Å². The molecule has 19 heavy (non-hydrogen) atoms. The quantitative estimate of drug-likeness (QED) is 0.876. The van der Waals surface area contributed by atoms with E-state index < -0.39 is 9.84 Å². The van der Waals surface area contributed by atoms with E-state index in [0.717, 1.165) is 18.5 Å². The van der Waals surface area contributed by atoms with Gasteiger partial charge in [0.25, 0.3) is 0 Å². The van der Waals surface area contributed by atoms with E-state index in [1.54, 1.807) is 6.07 Å². The number of nitrogens with one attached hydrogen (secondary N) is 1. The molecule has 1 heterocycles. The predicted molar refractivity (Wildman–Crippen MR) is 77.6 cm³/mol. The monoisotopic (exact) mass is 303 g/mol. The van der Waals surface area contributed by atoms with Crippen LogP contribution in [0.5, 0.6) is 0 Å². The van der Waals surface area contributed by atoms with Crippen LogP contribution < -0.4 is 5.32 Å². The molecule has 1 N–H and O–H groups in total. The molecule has 1 atom stereocenters. The molecule has 1 saturated heterocycles. The van der Waals surface area contributed by atoms with Gasteiger partial charge in [-0.3, -0.25) is 0 Å². The van der Waals surface area contributed by atoms with Crippen molar-refractivity contribution in [3.63, 3.8) is 0 Å². The van der Waals surface area contributed by atoms with Gasteiger partial charge in [0.05, 0.1) is 28.3 Å². The molecule has 106 valence electrons. The first-order valence-corrected chi connectivity index (χ1v) is 8.57. The summed E-state index contributed by atoms with van der Waals surface area (Å²) in [6, 6.07) is 7.29. The SMILES string of the molecule is O=S(=O)(CCNc1ccccc1Cl)CC1CCCO1. The molecule has 1 fully saturated rings. The number of sulfone groups is 1. The maximum absolute atomic E-state index is 11.9. The van der Waals surface area contributed by atoms with Crippen LogP contribution in [-0.4, -0.2) is 39.2 Å². The first kappa shape index (κ1) is 14.6. The van der Waals surface area contributed by atoms with Gasteiger partial charge in [-0.15, -0.1) is 0 Å². The lowest BCUT2D eigenvalue weighted by Gasteiger charge is -2.11. The van der Waals surface area contributed by atoms with Gasteiger partial charge in [0.1, 0.15) is 0 Å². The van der Waals surface area contributed by atoms with E-state index in [4.69, 9.17) is 16.3 Å². The van der Waals surface area contributed by atoms with Gasteiger partial charge < -0.3 is 10.1 Å². The van der Waals surface area contributed by atoms with Crippen molar-refractivity contribution in [2.24, 2.45) is 0 Å². The minimum Gasteiger partial charge on any atom is -0.383 e. The molecule has 0 bridgehead atoms. The van der Waals surface area contributed by atoms with Crippen molar-refractivity contribution >= 4 is 27.1 Å². The third-order valence-electron chi connectivity index (χ3n) is 3.07. The summed E-state index contributed by atoms with van der Waals surface area (Å²) in [5, 5.41) is 3.64. The first-order chi connectivity index (χ1) is 9.07. The van der Waals surface area contributed by atoms with Crippen LogP contribution in [0.1, 0.15) is 12.8 Å². The number of rotatable bonds is 6. The summed E-state index contributed by atoms with van der Waals surface area (Å²) in [4.78, 5) is 0. The van der Waals surface area contributed by atoms with Crippen molar-refractivity contribution in [1.29, 1.82) is 0 Å². The van der Waals surface area contributed by atoms with E-state index in [0.29, 0.717) is 18.2 Å².